The Balaban J connectivity index is 2.24. The van der Waals surface area contributed by atoms with Crippen LogP contribution >= 0.6 is 0 Å². The van der Waals surface area contributed by atoms with Crippen molar-refractivity contribution in [3.05, 3.63) is 53.3 Å². The van der Waals surface area contributed by atoms with E-state index in [2.05, 4.69) is 39.7 Å². The SMILES string of the molecule is CC(C)n1ccc(CC(=O)c2ccccc2C(C)(C)C)n1. The van der Waals surface area contributed by atoms with Crippen molar-refractivity contribution >= 4 is 5.78 Å². The van der Waals surface area contributed by atoms with Gasteiger partial charge < -0.3 is 0 Å². The standard InChI is InChI=1S/C18H24N2O/c1-13(2)20-11-10-14(19-20)12-17(21)15-8-6-7-9-16(15)18(3,4)5/h6-11,13H,12H2,1-5H3. The number of rotatable bonds is 4. The third-order valence-corrected chi connectivity index (χ3v) is 3.57. The smallest absolute Gasteiger partial charge is 0.169 e. The summed E-state index contributed by atoms with van der Waals surface area (Å²) >= 11 is 0. The minimum atomic E-state index is -0.0381. The lowest BCUT2D eigenvalue weighted by molar-refractivity contribution is 0.0989. The first kappa shape index (κ1) is 15.5. The molecule has 0 aliphatic heterocycles. The van der Waals surface area contributed by atoms with Gasteiger partial charge in [-0.2, -0.15) is 5.10 Å². The molecule has 0 saturated carbocycles. The van der Waals surface area contributed by atoms with Crippen molar-refractivity contribution in [2.75, 3.05) is 0 Å². The Bertz CT molecular complexity index is 633. The number of benzene rings is 1. The minimum Gasteiger partial charge on any atom is -0.294 e. The molecule has 0 fully saturated rings. The fourth-order valence-electron chi connectivity index (χ4n) is 2.40. The topological polar surface area (TPSA) is 34.9 Å². The zero-order chi connectivity index (χ0) is 15.6. The highest BCUT2D eigenvalue weighted by Gasteiger charge is 2.21. The quantitative estimate of drug-likeness (QED) is 0.789. The van der Waals surface area contributed by atoms with Crippen molar-refractivity contribution < 1.29 is 4.79 Å². The number of hydrogen-bond acceptors (Lipinski definition) is 2. The van der Waals surface area contributed by atoms with Gasteiger partial charge in [-0.25, -0.2) is 0 Å². The van der Waals surface area contributed by atoms with Crippen LogP contribution in [0.25, 0.3) is 0 Å². The van der Waals surface area contributed by atoms with Crippen molar-refractivity contribution in [2.45, 2.75) is 52.5 Å². The highest BCUT2D eigenvalue weighted by atomic mass is 16.1. The van der Waals surface area contributed by atoms with Gasteiger partial charge in [0.15, 0.2) is 5.78 Å². The monoisotopic (exact) mass is 284 g/mol. The molecule has 0 bridgehead atoms. The van der Waals surface area contributed by atoms with Gasteiger partial charge in [0.05, 0.1) is 12.1 Å². The van der Waals surface area contributed by atoms with Gasteiger partial charge in [-0.1, -0.05) is 45.0 Å². The van der Waals surface area contributed by atoms with E-state index >= 15 is 0 Å². The second-order valence-corrected chi connectivity index (χ2v) is 6.78. The number of carbonyl (C=O) groups excluding carboxylic acids is 1. The molecule has 0 amide bonds. The Morgan fingerprint density at radius 3 is 2.43 bits per heavy atom. The Morgan fingerprint density at radius 2 is 1.86 bits per heavy atom. The van der Waals surface area contributed by atoms with Gasteiger partial charge in [0, 0.05) is 17.8 Å². The average molecular weight is 284 g/mol. The van der Waals surface area contributed by atoms with Crippen LogP contribution in [0, 0.1) is 0 Å². The normalized spacial score (nSPS) is 11.9. The predicted octanol–water partition coefficient (Wildman–Crippen LogP) is 4.19. The van der Waals surface area contributed by atoms with Crippen molar-refractivity contribution in [3.63, 3.8) is 0 Å². The fourth-order valence-corrected chi connectivity index (χ4v) is 2.40. The Labute approximate surface area is 127 Å². The van der Waals surface area contributed by atoms with E-state index in [1.165, 1.54) is 0 Å². The van der Waals surface area contributed by atoms with Gasteiger partial charge in [0.2, 0.25) is 0 Å². The molecule has 0 unspecified atom stereocenters. The number of aromatic nitrogens is 2. The van der Waals surface area contributed by atoms with Crippen LogP contribution in [0.3, 0.4) is 0 Å². The van der Waals surface area contributed by atoms with Crippen LogP contribution in [0.4, 0.5) is 0 Å². The van der Waals surface area contributed by atoms with E-state index < -0.39 is 0 Å². The van der Waals surface area contributed by atoms with E-state index in [9.17, 15) is 4.79 Å². The Morgan fingerprint density at radius 1 is 1.19 bits per heavy atom. The lowest BCUT2D eigenvalue weighted by Crippen LogP contribution is -2.18. The van der Waals surface area contributed by atoms with Crippen molar-refractivity contribution in [1.29, 1.82) is 0 Å². The number of hydrogen-bond donors (Lipinski definition) is 0. The van der Waals surface area contributed by atoms with E-state index in [-0.39, 0.29) is 11.2 Å². The second kappa shape index (κ2) is 5.84. The van der Waals surface area contributed by atoms with Crippen molar-refractivity contribution in [3.8, 4) is 0 Å². The molecular formula is C18H24N2O. The van der Waals surface area contributed by atoms with Crippen LogP contribution < -0.4 is 0 Å². The van der Waals surface area contributed by atoms with Crippen molar-refractivity contribution in [1.82, 2.24) is 9.78 Å². The number of ketones is 1. The van der Waals surface area contributed by atoms with Crippen LogP contribution in [-0.4, -0.2) is 15.6 Å². The van der Waals surface area contributed by atoms with E-state index in [4.69, 9.17) is 0 Å². The highest BCUT2D eigenvalue weighted by Crippen LogP contribution is 2.26. The Kier molecular flexibility index (Phi) is 4.31. The molecule has 2 aromatic rings. The zero-order valence-corrected chi connectivity index (χ0v) is 13.6. The maximum atomic E-state index is 12.6. The summed E-state index contributed by atoms with van der Waals surface area (Å²) < 4.78 is 1.89. The third-order valence-electron chi connectivity index (χ3n) is 3.57. The molecule has 0 N–H and O–H groups in total. The van der Waals surface area contributed by atoms with Gasteiger partial charge in [0.1, 0.15) is 0 Å². The first-order valence-electron chi connectivity index (χ1n) is 7.46. The summed E-state index contributed by atoms with van der Waals surface area (Å²) in [7, 11) is 0. The molecule has 0 saturated heterocycles. The van der Waals surface area contributed by atoms with Gasteiger partial charge in [0.25, 0.3) is 0 Å². The Hall–Kier alpha value is -1.90. The molecule has 0 radical (unpaired) electrons. The summed E-state index contributed by atoms with van der Waals surface area (Å²) in [6.45, 7) is 10.5. The molecule has 2 rings (SSSR count). The minimum absolute atomic E-state index is 0.0381. The maximum absolute atomic E-state index is 12.6. The summed E-state index contributed by atoms with van der Waals surface area (Å²) in [6, 6.07) is 10.1. The summed E-state index contributed by atoms with van der Waals surface area (Å²) in [5, 5.41) is 4.46. The molecule has 0 spiro atoms. The van der Waals surface area contributed by atoms with Crippen LogP contribution in [0.2, 0.25) is 0 Å². The summed E-state index contributed by atoms with van der Waals surface area (Å²) in [4.78, 5) is 12.6. The van der Waals surface area contributed by atoms with Gasteiger partial charge >= 0.3 is 0 Å². The summed E-state index contributed by atoms with van der Waals surface area (Å²) in [5.41, 5.74) is 2.70. The largest absolute Gasteiger partial charge is 0.294 e. The first-order valence-corrected chi connectivity index (χ1v) is 7.46. The molecule has 0 aliphatic rings. The first-order chi connectivity index (χ1) is 9.79. The molecular weight excluding hydrogens is 260 g/mol. The number of nitrogens with zero attached hydrogens (tertiary/aromatic N) is 2. The van der Waals surface area contributed by atoms with Crippen LogP contribution in [0.1, 0.15) is 62.3 Å². The molecule has 0 aliphatic carbocycles. The molecule has 112 valence electrons. The zero-order valence-electron chi connectivity index (χ0n) is 13.6. The lowest BCUT2D eigenvalue weighted by atomic mass is 9.82. The van der Waals surface area contributed by atoms with Gasteiger partial charge in [-0.15, -0.1) is 0 Å². The summed E-state index contributed by atoms with van der Waals surface area (Å²) in [6.07, 6.45) is 2.29. The van der Waals surface area contributed by atoms with E-state index in [0.29, 0.717) is 12.5 Å². The van der Waals surface area contributed by atoms with E-state index in [0.717, 1.165) is 16.8 Å². The van der Waals surface area contributed by atoms with Crippen LogP contribution in [0.15, 0.2) is 36.5 Å². The second-order valence-electron chi connectivity index (χ2n) is 6.78. The molecule has 1 aromatic heterocycles. The van der Waals surface area contributed by atoms with Crippen LogP contribution in [-0.2, 0) is 11.8 Å². The average Bonchev–Trinajstić information content (AvgIpc) is 2.86. The summed E-state index contributed by atoms with van der Waals surface area (Å²) in [5.74, 6) is 0.134. The highest BCUT2D eigenvalue weighted by molar-refractivity contribution is 5.99. The lowest BCUT2D eigenvalue weighted by Gasteiger charge is -2.22. The predicted molar refractivity (Wildman–Crippen MR) is 85.8 cm³/mol. The fraction of sp³-hybridized carbons (Fsp3) is 0.444. The van der Waals surface area contributed by atoms with Crippen molar-refractivity contribution in [2.24, 2.45) is 0 Å². The maximum Gasteiger partial charge on any atom is 0.169 e. The van der Waals surface area contributed by atoms with E-state index in [1.54, 1.807) is 0 Å². The third kappa shape index (κ3) is 3.60. The molecule has 21 heavy (non-hydrogen) atoms. The van der Waals surface area contributed by atoms with Gasteiger partial charge in [-0.3, -0.25) is 9.48 Å². The molecule has 1 heterocycles. The molecule has 3 heteroatoms. The number of carbonyl (C=O) groups is 1. The number of Topliss-reactive ketones (excluding diaryl/α,β-unsaturated/α-hetero) is 1. The molecule has 1 aromatic carbocycles. The van der Waals surface area contributed by atoms with Gasteiger partial charge in [-0.05, 0) is 30.9 Å². The van der Waals surface area contributed by atoms with Crippen LogP contribution in [0.5, 0.6) is 0 Å². The molecule has 3 nitrogen and oxygen atoms in total. The molecule has 0 atom stereocenters. The van der Waals surface area contributed by atoms with E-state index in [1.807, 2.05) is 41.2 Å².